The molecule has 3 aromatic heterocycles. The molecule has 118 valence electrons. The molecule has 1 aliphatic rings. The zero-order valence-corrected chi connectivity index (χ0v) is 12.8. The third-order valence-electron chi connectivity index (χ3n) is 3.95. The second kappa shape index (κ2) is 6.18. The summed E-state index contributed by atoms with van der Waals surface area (Å²) in [6, 6.07) is 9.31. The molecule has 0 bridgehead atoms. The highest BCUT2D eigenvalue weighted by Crippen LogP contribution is 2.27. The molecule has 1 atom stereocenters. The van der Waals surface area contributed by atoms with E-state index in [9.17, 15) is 0 Å². The van der Waals surface area contributed by atoms with Gasteiger partial charge in [0.2, 0.25) is 0 Å². The lowest BCUT2D eigenvalue weighted by Crippen LogP contribution is -2.03. The molecule has 0 N–H and O–H groups in total. The van der Waals surface area contributed by atoms with Gasteiger partial charge in [-0.2, -0.15) is 10.4 Å². The molecule has 0 aliphatic carbocycles. The van der Waals surface area contributed by atoms with Gasteiger partial charge in [0.15, 0.2) is 11.6 Å². The van der Waals surface area contributed by atoms with Crippen molar-refractivity contribution in [3.05, 3.63) is 54.4 Å². The van der Waals surface area contributed by atoms with E-state index >= 15 is 0 Å². The summed E-state index contributed by atoms with van der Waals surface area (Å²) in [5.41, 5.74) is 2.00. The van der Waals surface area contributed by atoms with Crippen molar-refractivity contribution in [3.8, 4) is 23.1 Å². The first-order valence-corrected chi connectivity index (χ1v) is 7.67. The molecule has 1 fully saturated rings. The Balaban J connectivity index is 1.82. The van der Waals surface area contributed by atoms with E-state index in [1.807, 2.05) is 24.3 Å². The largest absolute Gasteiger partial charge is 0.381 e. The van der Waals surface area contributed by atoms with Gasteiger partial charge >= 0.3 is 0 Å². The van der Waals surface area contributed by atoms with E-state index in [0.717, 1.165) is 30.1 Å². The predicted octanol–water partition coefficient (Wildman–Crippen LogP) is 2.10. The van der Waals surface area contributed by atoms with Gasteiger partial charge in [0.25, 0.3) is 0 Å². The monoisotopic (exact) mass is 318 g/mol. The van der Waals surface area contributed by atoms with Gasteiger partial charge in [0.1, 0.15) is 11.8 Å². The van der Waals surface area contributed by atoms with Gasteiger partial charge < -0.3 is 4.74 Å². The maximum atomic E-state index is 8.91. The molecule has 0 spiro atoms. The third kappa shape index (κ3) is 2.64. The Hall–Kier alpha value is -3.11. The number of aromatic nitrogens is 5. The summed E-state index contributed by atoms with van der Waals surface area (Å²) in [4.78, 5) is 13.0. The molecule has 24 heavy (non-hydrogen) atoms. The Labute approximate surface area is 138 Å². The number of pyridine rings is 2. The summed E-state index contributed by atoms with van der Waals surface area (Å²) in [7, 11) is 0. The Kier molecular flexibility index (Phi) is 3.73. The van der Waals surface area contributed by atoms with Crippen molar-refractivity contribution in [1.82, 2.24) is 24.7 Å². The molecule has 7 nitrogen and oxygen atoms in total. The van der Waals surface area contributed by atoms with Crippen LogP contribution in [0.5, 0.6) is 0 Å². The summed E-state index contributed by atoms with van der Waals surface area (Å²) in [6.07, 6.45) is 6.02. The molecular formula is C17H14N6O. The number of nitrogens with zero attached hydrogens (tertiary/aromatic N) is 6. The zero-order chi connectivity index (χ0) is 16.4. The second-order valence-electron chi connectivity index (χ2n) is 5.52. The first kappa shape index (κ1) is 14.5. The fourth-order valence-corrected chi connectivity index (χ4v) is 2.68. The molecule has 3 aromatic rings. The minimum atomic E-state index is 0.202. The SMILES string of the molecule is N#Cc1ccc(-c2nc([C@@H]3CCOC3)nn2-c2cccnc2)cn1. The molecule has 1 saturated heterocycles. The number of hydrogen-bond donors (Lipinski definition) is 0. The van der Waals surface area contributed by atoms with Crippen molar-refractivity contribution in [2.45, 2.75) is 12.3 Å². The van der Waals surface area contributed by atoms with E-state index in [-0.39, 0.29) is 5.92 Å². The van der Waals surface area contributed by atoms with Crippen LogP contribution < -0.4 is 0 Å². The van der Waals surface area contributed by atoms with Crippen molar-refractivity contribution in [3.63, 3.8) is 0 Å². The standard InChI is InChI=1S/C17H14N6O/c18-8-14-4-3-12(9-20-14)17-21-16(13-5-7-24-11-13)22-23(17)15-2-1-6-19-10-15/h1-4,6,9-10,13H,5,7,11H2/t13-/m1/s1. The molecule has 7 heteroatoms. The normalized spacial score (nSPS) is 16.9. The summed E-state index contributed by atoms with van der Waals surface area (Å²) in [5, 5.41) is 13.6. The Bertz CT molecular complexity index is 876. The number of hydrogen-bond acceptors (Lipinski definition) is 6. The Morgan fingerprint density at radius 2 is 2.21 bits per heavy atom. The second-order valence-corrected chi connectivity index (χ2v) is 5.52. The summed E-state index contributed by atoms with van der Waals surface area (Å²) >= 11 is 0. The molecule has 0 radical (unpaired) electrons. The van der Waals surface area contributed by atoms with Crippen molar-refractivity contribution >= 4 is 0 Å². The average Bonchev–Trinajstić information content (AvgIpc) is 3.32. The molecule has 0 unspecified atom stereocenters. The van der Waals surface area contributed by atoms with Crippen LogP contribution in [0.25, 0.3) is 17.1 Å². The van der Waals surface area contributed by atoms with Crippen molar-refractivity contribution in [2.24, 2.45) is 0 Å². The molecule has 0 saturated carbocycles. The highest BCUT2D eigenvalue weighted by atomic mass is 16.5. The summed E-state index contributed by atoms with van der Waals surface area (Å²) in [5.74, 6) is 1.64. The van der Waals surface area contributed by atoms with Crippen LogP contribution in [-0.4, -0.2) is 37.9 Å². The van der Waals surface area contributed by atoms with Gasteiger partial charge in [-0.05, 0) is 30.7 Å². The lowest BCUT2D eigenvalue weighted by molar-refractivity contribution is 0.193. The molecule has 0 aromatic carbocycles. The van der Waals surface area contributed by atoms with E-state index < -0.39 is 0 Å². The van der Waals surface area contributed by atoms with Gasteiger partial charge in [-0.15, -0.1) is 0 Å². The fourth-order valence-electron chi connectivity index (χ4n) is 2.68. The smallest absolute Gasteiger partial charge is 0.165 e. The maximum absolute atomic E-state index is 8.91. The fraction of sp³-hybridized carbons (Fsp3) is 0.235. The molecule has 0 amide bonds. The van der Waals surface area contributed by atoms with Crippen LogP contribution in [-0.2, 0) is 4.74 Å². The van der Waals surface area contributed by atoms with E-state index in [4.69, 9.17) is 15.0 Å². The summed E-state index contributed by atoms with van der Waals surface area (Å²) in [6.45, 7) is 1.38. The lowest BCUT2D eigenvalue weighted by atomic mass is 10.1. The minimum absolute atomic E-state index is 0.202. The van der Waals surface area contributed by atoms with E-state index in [0.29, 0.717) is 18.1 Å². The van der Waals surface area contributed by atoms with Crippen LogP contribution in [0.3, 0.4) is 0 Å². The molecule has 4 rings (SSSR count). The highest BCUT2D eigenvalue weighted by molar-refractivity contribution is 5.57. The van der Waals surface area contributed by atoms with Gasteiger partial charge in [-0.25, -0.2) is 14.6 Å². The number of rotatable bonds is 3. The molecular weight excluding hydrogens is 304 g/mol. The van der Waals surface area contributed by atoms with Crippen LogP contribution in [0.15, 0.2) is 42.9 Å². The number of ether oxygens (including phenoxy) is 1. The van der Waals surface area contributed by atoms with Gasteiger partial charge in [0, 0.05) is 30.5 Å². The van der Waals surface area contributed by atoms with Crippen molar-refractivity contribution in [1.29, 1.82) is 5.26 Å². The van der Waals surface area contributed by atoms with Gasteiger partial charge in [0.05, 0.1) is 18.5 Å². The highest BCUT2D eigenvalue weighted by Gasteiger charge is 2.24. The van der Waals surface area contributed by atoms with Crippen molar-refractivity contribution < 1.29 is 4.74 Å². The Morgan fingerprint density at radius 1 is 1.25 bits per heavy atom. The third-order valence-corrected chi connectivity index (χ3v) is 3.95. The minimum Gasteiger partial charge on any atom is -0.381 e. The van der Waals surface area contributed by atoms with Crippen LogP contribution in [0.4, 0.5) is 0 Å². The maximum Gasteiger partial charge on any atom is 0.165 e. The number of nitriles is 1. The van der Waals surface area contributed by atoms with E-state index in [1.54, 1.807) is 29.3 Å². The van der Waals surface area contributed by atoms with E-state index in [1.165, 1.54) is 0 Å². The van der Waals surface area contributed by atoms with Crippen molar-refractivity contribution in [2.75, 3.05) is 13.2 Å². The van der Waals surface area contributed by atoms with E-state index in [2.05, 4.69) is 15.1 Å². The lowest BCUT2D eigenvalue weighted by Gasteiger charge is -2.04. The zero-order valence-electron chi connectivity index (χ0n) is 12.8. The predicted molar refractivity (Wildman–Crippen MR) is 85.3 cm³/mol. The van der Waals surface area contributed by atoms with Gasteiger partial charge in [-0.1, -0.05) is 0 Å². The Morgan fingerprint density at radius 3 is 2.88 bits per heavy atom. The molecule has 1 aliphatic heterocycles. The topological polar surface area (TPSA) is 89.5 Å². The van der Waals surface area contributed by atoms with Crippen LogP contribution in [0.1, 0.15) is 23.9 Å². The van der Waals surface area contributed by atoms with Gasteiger partial charge in [-0.3, -0.25) is 4.98 Å². The molecule has 4 heterocycles. The summed E-state index contributed by atoms with van der Waals surface area (Å²) < 4.78 is 7.22. The average molecular weight is 318 g/mol. The quantitative estimate of drug-likeness (QED) is 0.734. The first-order valence-electron chi connectivity index (χ1n) is 7.67. The van der Waals surface area contributed by atoms with Crippen LogP contribution in [0.2, 0.25) is 0 Å². The first-order chi connectivity index (χ1) is 11.8. The van der Waals surface area contributed by atoms with Crippen LogP contribution in [0, 0.1) is 11.3 Å². The van der Waals surface area contributed by atoms with Crippen LogP contribution >= 0.6 is 0 Å².